The van der Waals surface area contributed by atoms with Gasteiger partial charge in [0.1, 0.15) is 17.3 Å². The number of amides is 1. The van der Waals surface area contributed by atoms with Gasteiger partial charge < -0.3 is 9.88 Å². The number of nitrogens with zero attached hydrogens (tertiary/aromatic N) is 2. The molecule has 1 saturated heterocycles. The number of aryl methyl sites for hydroxylation is 1. The van der Waals surface area contributed by atoms with Gasteiger partial charge in [0.15, 0.2) is 0 Å². The van der Waals surface area contributed by atoms with E-state index >= 15 is 0 Å². The summed E-state index contributed by atoms with van der Waals surface area (Å²) in [6.07, 6.45) is 3.94. The number of benzene rings is 1. The van der Waals surface area contributed by atoms with Crippen molar-refractivity contribution in [3.63, 3.8) is 0 Å². The van der Waals surface area contributed by atoms with Crippen LogP contribution in [0.4, 0.5) is 14.5 Å². The van der Waals surface area contributed by atoms with Crippen molar-refractivity contribution in [2.45, 2.75) is 18.9 Å². The molecule has 1 aliphatic heterocycles. The number of aromatic nitrogens is 1. The molecule has 0 radical (unpaired) electrons. The lowest BCUT2D eigenvalue weighted by Crippen LogP contribution is -2.33. The largest absolute Gasteiger partial charge is 0.353 e. The van der Waals surface area contributed by atoms with E-state index in [2.05, 4.69) is 5.32 Å². The highest BCUT2D eigenvalue weighted by Crippen LogP contribution is 2.31. The van der Waals surface area contributed by atoms with Crippen molar-refractivity contribution >= 4 is 11.6 Å². The van der Waals surface area contributed by atoms with Crippen LogP contribution in [0.3, 0.4) is 0 Å². The third-order valence-electron chi connectivity index (χ3n) is 4.26. The van der Waals surface area contributed by atoms with Crippen LogP contribution >= 0.6 is 0 Å². The van der Waals surface area contributed by atoms with Gasteiger partial charge >= 0.3 is 0 Å². The van der Waals surface area contributed by atoms with Gasteiger partial charge in [-0.05, 0) is 43.7 Å². The summed E-state index contributed by atoms with van der Waals surface area (Å²) in [5.74, 6) is -1.94. The van der Waals surface area contributed by atoms with Crippen LogP contribution in [0.15, 0.2) is 36.5 Å². The van der Waals surface area contributed by atoms with E-state index in [4.69, 9.17) is 0 Å². The van der Waals surface area contributed by atoms with Crippen LogP contribution in [-0.2, 0) is 11.8 Å². The van der Waals surface area contributed by atoms with E-state index in [1.165, 1.54) is 6.07 Å². The predicted octanol–water partition coefficient (Wildman–Crippen LogP) is 3.08. The maximum Gasteiger partial charge on any atom is 0.238 e. The molecule has 1 atom stereocenters. The van der Waals surface area contributed by atoms with E-state index in [0.29, 0.717) is 0 Å². The molecule has 0 spiro atoms. The Morgan fingerprint density at radius 3 is 2.65 bits per heavy atom. The number of likely N-dealkylation sites (tertiary alicyclic amines) is 1. The van der Waals surface area contributed by atoms with Crippen LogP contribution in [0, 0.1) is 11.6 Å². The van der Waals surface area contributed by atoms with Crippen molar-refractivity contribution < 1.29 is 13.6 Å². The number of carbonyl (C=O) groups is 1. The minimum Gasteiger partial charge on any atom is -0.353 e. The number of halogens is 2. The Kier molecular flexibility index (Phi) is 4.43. The van der Waals surface area contributed by atoms with Crippen molar-refractivity contribution in [1.82, 2.24) is 9.47 Å². The van der Waals surface area contributed by atoms with E-state index in [0.717, 1.165) is 37.2 Å². The van der Waals surface area contributed by atoms with Crippen molar-refractivity contribution in [1.29, 1.82) is 0 Å². The Morgan fingerprint density at radius 1 is 1.26 bits per heavy atom. The SMILES string of the molecule is Cn1cccc1C1CCCN1CC(=O)Nc1c(F)cccc1F. The molecule has 0 aliphatic carbocycles. The summed E-state index contributed by atoms with van der Waals surface area (Å²) < 4.78 is 29.3. The second-order valence-corrected chi connectivity index (χ2v) is 5.82. The van der Waals surface area contributed by atoms with Crippen LogP contribution in [0.1, 0.15) is 24.6 Å². The Bertz CT molecular complexity index is 693. The number of para-hydroxylation sites is 1. The first-order valence-electron chi connectivity index (χ1n) is 7.65. The quantitative estimate of drug-likeness (QED) is 0.940. The first kappa shape index (κ1) is 15.7. The van der Waals surface area contributed by atoms with Gasteiger partial charge in [0.25, 0.3) is 0 Å². The van der Waals surface area contributed by atoms with Crippen LogP contribution < -0.4 is 5.32 Å². The third kappa shape index (κ3) is 3.27. The fourth-order valence-electron chi connectivity index (χ4n) is 3.15. The van der Waals surface area contributed by atoms with E-state index in [9.17, 15) is 13.6 Å². The maximum atomic E-state index is 13.6. The molecule has 2 aromatic rings. The molecule has 6 heteroatoms. The van der Waals surface area contributed by atoms with Crippen LogP contribution in [0.25, 0.3) is 0 Å². The minimum atomic E-state index is -0.765. The minimum absolute atomic E-state index is 0.115. The zero-order valence-electron chi connectivity index (χ0n) is 12.9. The number of anilines is 1. The summed E-state index contributed by atoms with van der Waals surface area (Å²) in [5, 5.41) is 2.35. The molecule has 0 bridgehead atoms. The van der Waals surface area contributed by atoms with Crippen molar-refractivity contribution in [3.8, 4) is 0 Å². The zero-order chi connectivity index (χ0) is 16.4. The Morgan fingerprint density at radius 2 is 2.00 bits per heavy atom. The number of nitrogens with one attached hydrogen (secondary N) is 1. The number of hydrogen-bond acceptors (Lipinski definition) is 2. The number of hydrogen-bond donors (Lipinski definition) is 1. The van der Waals surface area contributed by atoms with Gasteiger partial charge in [-0.1, -0.05) is 6.07 Å². The Labute approximate surface area is 133 Å². The molecule has 1 fully saturated rings. The van der Waals surface area contributed by atoms with Crippen molar-refractivity contribution in [2.75, 3.05) is 18.4 Å². The van der Waals surface area contributed by atoms with Gasteiger partial charge in [0.05, 0.1) is 12.6 Å². The molecule has 0 saturated carbocycles. The molecule has 2 heterocycles. The molecule has 122 valence electrons. The van der Waals surface area contributed by atoms with Gasteiger partial charge in [-0.25, -0.2) is 8.78 Å². The summed E-state index contributed by atoms with van der Waals surface area (Å²) in [6, 6.07) is 7.69. The van der Waals surface area contributed by atoms with E-state index in [-0.39, 0.29) is 18.3 Å². The molecule has 1 unspecified atom stereocenters. The summed E-state index contributed by atoms with van der Waals surface area (Å²) in [4.78, 5) is 14.2. The maximum absolute atomic E-state index is 13.6. The fourth-order valence-corrected chi connectivity index (χ4v) is 3.15. The lowest BCUT2D eigenvalue weighted by Gasteiger charge is -2.24. The molecule has 1 amide bonds. The molecule has 1 aromatic carbocycles. The first-order chi connectivity index (χ1) is 11.1. The van der Waals surface area contributed by atoms with Gasteiger partial charge in [-0.3, -0.25) is 9.69 Å². The van der Waals surface area contributed by atoms with Gasteiger partial charge in [0.2, 0.25) is 5.91 Å². The smallest absolute Gasteiger partial charge is 0.238 e. The summed E-state index contributed by atoms with van der Waals surface area (Å²) in [6.45, 7) is 0.909. The molecule has 1 N–H and O–H groups in total. The normalized spacial score (nSPS) is 18.3. The molecule has 1 aliphatic rings. The van der Waals surface area contributed by atoms with Crippen molar-refractivity contribution in [3.05, 3.63) is 53.9 Å². The number of rotatable bonds is 4. The topological polar surface area (TPSA) is 37.3 Å². The Balaban J connectivity index is 1.69. The molecule has 1 aromatic heterocycles. The first-order valence-corrected chi connectivity index (χ1v) is 7.65. The molecular weight excluding hydrogens is 300 g/mol. The van der Waals surface area contributed by atoms with Gasteiger partial charge in [-0.15, -0.1) is 0 Å². The molecule has 3 rings (SSSR count). The Hall–Kier alpha value is -2.21. The zero-order valence-corrected chi connectivity index (χ0v) is 12.9. The van der Waals surface area contributed by atoms with Gasteiger partial charge in [-0.2, -0.15) is 0 Å². The molecule has 23 heavy (non-hydrogen) atoms. The summed E-state index contributed by atoms with van der Waals surface area (Å²) >= 11 is 0. The lowest BCUT2D eigenvalue weighted by atomic mass is 10.1. The standard InChI is InChI=1S/C17H19F2N3O/c1-21-9-3-7-14(21)15-8-4-10-22(15)11-16(23)20-17-12(18)5-2-6-13(17)19/h2-3,5-7,9,15H,4,8,10-11H2,1H3,(H,20,23). The average Bonchev–Trinajstić information content (AvgIpc) is 3.11. The van der Waals surface area contributed by atoms with Crippen LogP contribution in [-0.4, -0.2) is 28.5 Å². The van der Waals surface area contributed by atoms with Gasteiger partial charge in [0, 0.05) is 18.9 Å². The molecular formula is C17H19F2N3O. The fraction of sp³-hybridized carbons (Fsp3) is 0.353. The highest BCUT2D eigenvalue weighted by Gasteiger charge is 2.29. The number of carbonyl (C=O) groups excluding carboxylic acids is 1. The van der Waals surface area contributed by atoms with E-state index < -0.39 is 17.5 Å². The lowest BCUT2D eigenvalue weighted by molar-refractivity contribution is -0.117. The molecule has 4 nitrogen and oxygen atoms in total. The van der Waals surface area contributed by atoms with E-state index in [1.54, 1.807) is 0 Å². The second kappa shape index (κ2) is 6.50. The van der Waals surface area contributed by atoms with Crippen LogP contribution in [0.5, 0.6) is 0 Å². The van der Waals surface area contributed by atoms with E-state index in [1.807, 2.05) is 34.8 Å². The monoisotopic (exact) mass is 319 g/mol. The summed E-state index contributed by atoms with van der Waals surface area (Å²) in [7, 11) is 1.97. The highest BCUT2D eigenvalue weighted by atomic mass is 19.1. The average molecular weight is 319 g/mol. The van der Waals surface area contributed by atoms with Crippen LogP contribution in [0.2, 0.25) is 0 Å². The van der Waals surface area contributed by atoms with Crippen molar-refractivity contribution in [2.24, 2.45) is 7.05 Å². The summed E-state index contributed by atoms with van der Waals surface area (Å²) in [5.41, 5.74) is 0.763. The predicted molar refractivity (Wildman–Crippen MR) is 83.9 cm³/mol. The highest BCUT2D eigenvalue weighted by molar-refractivity contribution is 5.92. The third-order valence-corrected chi connectivity index (χ3v) is 4.26. The second-order valence-electron chi connectivity index (χ2n) is 5.82.